The van der Waals surface area contributed by atoms with Crippen LogP contribution in [0.4, 0.5) is 17.1 Å². The van der Waals surface area contributed by atoms with Crippen LogP contribution in [0, 0.1) is 0 Å². The van der Waals surface area contributed by atoms with Crippen LogP contribution in [0.1, 0.15) is 37.3 Å². The van der Waals surface area contributed by atoms with Gasteiger partial charge in [0, 0.05) is 28.4 Å². The topological polar surface area (TPSA) is 3.24 Å². The van der Waals surface area contributed by atoms with Crippen molar-refractivity contribution in [1.82, 2.24) is 0 Å². The van der Waals surface area contributed by atoms with Crippen molar-refractivity contribution in [1.29, 1.82) is 0 Å². The largest absolute Gasteiger partial charge is 0.310 e. The number of allylic oxidation sites excluding steroid dienone is 4. The molecule has 0 aliphatic heterocycles. The number of fused-ring (bicyclic) bond motifs is 5. The molecular weight excluding hydrogens is 723 g/mol. The van der Waals surface area contributed by atoms with E-state index >= 15 is 0 Å². The van der Waals surface area contributed by atoms with Crippen LogP contribution in [0.3, 0.4) is 0 Å². The van der Waals surface area contributed by atoms with E-state index < -0.39 is 0 Å². The summed E-state index contributed by atoms with van der Waals surface area (Å²) in [5, 5.41) is 4.96. The second-order valence-corrected chi connectivity index (χ2v) is 16.8. The predicted molar refractivity (Wildman–Crippen MR) is 255 cm³/mol. The molecule has 0 saturated heterocycles. The van der Waals surface area contributed by atoms with Crippen molar-refractivity contribution in [3.63, 3.8) is 0 Å². The molecule has 0 saturated carbocycles. The van der Waals surface area contributed by atoms with Gasteiger partial charge in [0.1, 0.15) is 0 Å². The smallest absolute Gasteiger partial charge is 0.0468 e. The summed E-state index contributed by atoms with van der Waals surface area (Å²) in [5.74, 6) is 0.425. The van der Waals surface area contributed by atoms with E-state index in [-0.39, 0.29) is 5.41 Å². The summed E-state index contributed by atoms with van der Waals surface area (Å²) >= 11 is 0. The van der Waals surface area contributed by atoms with Gasteiger partial charge < -0.3 is 4.90 Å². The van der Waals surface area contributed by atoms with Crippen molar-refractivity contribution < 1.29 is 0 Å². The maximum absolute atomic E-state index is 2.50. The minimum atomic E-state index is -0.0804. The molecule has 11 rings (SSSR count). The highest BCUT2D eigenvalue weighted by Gasteiger charge is 2.41. The molecule has 0 amide bonds. The van der Waals surface area contributed by atoms with Crippen LogP contribution in [0.2, 0.25) is 0 Å². The van der Waals surface area contributed by atoms with Gasteiger partial charge in [0.05, 0.1) is 0 Å². The molecule has 0 bridgehead atoms. The van der Waals surface area contributed by atoms with Crippen molar-refractivity contribution in [2.24, 2.45) is 0 Å². The molecule has 60 heavy (non-hydrogen) atoms. The summed E-state index contributed by atoms with van der Waals surface area (Å²) < 4.78 is 0. The number of hydrogen-bond donors (Lipinski definition) is 0. The van der Waals surface area contributed by atoms with E-state index in [1.165, 1.54) is 82.8 Å². The third-order valence-electron chi connectivity index (χ3n) is 13.1. The van der Waals surface area contributed by atoms with Crippen LogP contribution >= 0.6 is 0 Å². The summed E-state index contributed by atoms with van der Waals surface area (Å²) in [6.07, 6.45) is 7.99. The minimum Gasteiger partial charge on any atom is -0.310 e. The van der Waals surface area contributed by atoms with Crippen molar-refractivity contribution >= 4 is 38.6 Å². The molecule has 0 heterocycles. The van der Waals surface area contributed by atoms with E-state index in [4.69, 9.17) is 0 Å². The van der Waals surface area contributed by atoms with Crippen LogP contribution in [0.15, 0.2) is 224 Å². The summed E-state index contributed by atoms with van der Waals surface area (Å²) in [6.45, 7) is 4.82. The number of hydrogen-bond acceptors (Lipinski definition) is 1. The summed E-state index contributed by atoms with van der Waals surface area (Å²) in [5.41, 5.74) is 17.4. The van der Waals surface area contributed by atoms with Crippen LogP contribution in [-0.4, -0.2) is 0 Å². The van der Waals surface area contributed by atoms with Crippen LogP contribution in [-0.2, 0) is 5.41 Å². The van der Waals surface area contributed by atoms with E-state index in [9.17, 15) is 0 Å². The fraction of sp³-hybridized carbons (Fsp3) is 0.0847. The quantitative estimate of drug-likeness (QED) is 0.156. The van der Waals surface area contributed by atoms with E-state index in [1.807, 2.05) is 0 Å². The van der Waals surface area contributed by atoms with Gasteiger partial charge in [-0.25, -0.2) is 0 Å². The number of nitrogens with zero attached hydrogens (tertiary/aromatic N) is 1. The fourth-order valence-electron chi connectivity index (χ4n) is 10.1. The minimum absolute atomic E-state index is 0.0804. The lowest BCUT2D eigenvalue weighted by Crippen LogP contribution is -2.18. The number of benzene rings is 9. The van der Waals surface area contributed by atoms with E-state index in [2.05, 4.69) is 237 Å². The molecule has 2 aliphatic rings. The first-order valence-corrected chi connectivity index (χ1v) is 21.2. The van der Waals surface area contributed by atoms with Gasteiger partial charge in [-0.2, -0.15) is 0 Å². The second-order valence-electron chi connectivity index (χ2n) is 16.8. The van der Waals surface area contributed by atoms with Gasteiger partial charge in [-0.05, 0) is 120 Å². The summed E-state index contributed by atoms with van der Waals surface area (Å²) in [4.78, 5) is 2.50. The molecule has 0 N–H and O–H groups in total. The second kappa shape index (κ2) is 14.6. The normalized spacial score (nSPS) is 15.1. The molecule has 0 spiro atoms. The maximum atomic E-state index is 2.50. The Morgan fingerprint density at radius 1 is 0.433 bits per heavy atom. The molecule has 1 unspecified atom stereocenters. The van der Waals surface area contributed by atoms with Gasteiger partial charge >= 0.3 is 0 Å². The Balaban J connectivity index is 1.18. The Labute approximate surface area is 353 Å². The zero-order valence-electron chi connectivity index (χ0n) is 34.0. The van der Waals surface area contributed by atoms with Crippen molar-refractivity contribution in [3.05, 3.63) is 235 Å². The third kappa shape index (κ3) is 6.00. The summed E-state index contributed by atoms with van der Waals surface area (Å²) in [6, 6.07) is 74.0. The monoisotopic (exact) mass is 767 g/mol. The standard InChI is InChI=1S/C59H45N/c1-59(2)57-30-14-13-27-53(57)54-36-33-46(39-58(54)59)60(44-31-34-49(40-17-5-3-6-18-40)55(37-44)51-28-15-23-42-21-9-11-25-47(42)51)45-32-35-50(41-19-7-4-8-20-41)56(38-45)52-29-16-24-43-22-10-12-26-48(43)52/h3-26,28-39,53H,27H2,1-2H3. The molecule has 0 aromatic heterocycles. The van der Waals surface area contributed by atoms with Gasteiger partial charge in [-0.3, -0.25) is 0 Å². The van der Waals surface area contributed by atoms with E-state index in [0.29, 0.717) is 5.92 Å². The summed E-state index contributed by atoms with van der Waals surface area (Å²) in [7, 11) is 0. The fourth-order valence-corrected chi connectivity index (χ4v) is 10.1. The molecule has 0 radical (unpaired) electrons. The molecule has 1 atom stereocenters. The van der Waals surface area contributed by atoms with E-state index in [1.54, 1.807) is 0 Å². The van der Waals surface area contributed by atoms with Crippen molar-refractivity contribution in [3.8, 4) is 44.5 Å². The molecule has 2 aliphatic carbocycles. The van der Waals surface area contributed by atoms with Gasteiger partial charge in [0.15, 0.2) is 0 Å². The Bertz CT molecular complexity index is 2970. The molecule has 286 valence electrons. The van der Waals surface area contributed by atoms with Crippen LogP contribution in [0.25, 0.3) is 66.1 Å². The molecule has 0 fully saturated rings. The highest BCUT2D eigenvalue weighted by atomic mass is 15.1. The lowest BCUT2D eigenvalue weighted by atomic mass is 9.79. The van der Waals surface area contributed by atoms with Crippen molar-refractivity contribution in [2.75, 3.05) is 4.90 Å². The molecule has 1 nitrogen and oxygen atoms in total. The average Bonchev–Trinajstić information content (AvgIpc) is 3.54. The molecule has 9 aromatic carbocycles. The van der Waals surface area contributed by atoms with Crippen molar-refractivity contribution in [2.45, 2.75) is 31.6 Å². The Kier molecular flexibility index (Phi) is 8.71. The average molecular weight is 768 g/mol. The van der Waals surface area contributed by atoms with Crippen LogP contribution in [0.5, 0.6) is 0 Å². The maximum Gasteiger partial charge on any atom is 0.0468 e. The third-order valence-corrected chi connectivity index (χ3v) is 13.1. The van der Waals surface area contributed by atoms with Crippen LogP contribution < -0.4 is 4.90 Å². The Morgan fingerprint density at radius 2 is 0.917 bits per heavy atom. The molecule has 1 heteroatoms. The molecular formula is C59H45N. The first-order chi connectivity index (χ1) is 29.5. The van der Waals surface area contributed by atoms with Gasteiger partial charge in [-0.1, -0.05) is 201 Å². The Morgan fingerprint density at radius 3 is 1.48 bits per heavy atom. The first kappa shape index (κ1) is 35.9. The van der Waals surface area contributed by atoms with Gasteiger partial charge in [-0.15, -0.1) is 0 Å². The highest BCUT2D eigenvalue weighted by Crippen LogP contribution is 2.55. The number of rotatable bonds is 7. The van der Waals surface area contributed by atoms with Gasteiger partial charge in [0.2, 0.25) is 0 Å². The lowest BCUT2D eigenvalue weighted by Gasteiger charge is -2.30. The zero-order chi connectivity index (χ0) is 40.2. The SMILES string of the molecule is CC1(C)C2=CC=CCC2c2ccc(N(c3ccc(-c4ccccc4)c(-c4cccc5ccccc45)c3)c3ccc(-c4ccccc4)c(-c4cccc5ccccc45)c3)cc21. The highest BCUT2D eigenvalue weighted by molar-refractivity contribution is 6.03. The first-order valence-electron chi connectivity index (χ1n) is 21.2. The van der Waals surface area contributed by atoms with Gasteiger partial charge in [0.25, 0.3) is 0 Å². The van der Waals surface area contributed by atoms with E-state index in [0.717, 1.165) is 23.5 Å². The zero-order valence-corrected chi connectivity index (χ0v) is 34.0. The Hall–Kier alpha value is -7.22. The predicted octanol–water partition coefficient (Wildman–Crippen LogP) is 16.4. The lowest BCUT2D eigenvalue weighted by molar-refractivity contribution is 0.612. The number of anilines is 3. The molecule has 9 aromatic rings.